The van der Waals surface area contributed by atoms with Crippen molar-refractivity contribution in [2.24, 2.45) is 0 Å². The van der Waals surface area contributed by atoms with Gasteiger partial charge in [-0.15, -0.1) is 0 Å². The van der Waals surface area contributed by atoms with Crippen molar-refractivity contribution in [3.8, 4) is 17.1 Å². The zero-order chi connectivity index (χ0) is 22.5. The molecule has 0 saturated heterocycles. The monoisotopic (exact) mass is 432 g/mol. The van der Waals surface area contributed by atoms with E-state index in [1.165, 1.54) is 0 Å². The summed E-state index contributed by atoms with van der Waals surface area (Å²) in [6.45, 7) is 1.44. The number of fused-ring (bicyclic) bond motifs is 1. The van der Waals surface area contributed by atoms with Gasteiger partial charge >= 0.3 is 11.9 Å². The van der Waals surface area contributed by atoms with Crippen LogP contribution >= 0.6 is 0 Å². The Morgan fingerprint density at radius 1 is 1.03 bits per heavy atom. The Labute approximate surface area is 182 Å². The normalized spacial score (nSPS) is 10.7. The lowest BCUT2D eigenvalue weighted by molar-refractivity contribution is -0.154. The van der Waals surface area contributed by atoms with Crippen LogP contribution in [0.4, 0.5) is 5.82 Å². The summed E-state index contributed by atoms with van der Waals surface area (Å²) in [7, 11) is 0. The van der Waals surface area contributed by atoms with Crippen LogP contribution in [0.2, 0.25) is 0 Å². The fourth-order valence-electron chi connectivity index (χ4n) is 3.07. The van der Waals surface area contributed by atoms with E-state index in [1.807, 2.05) is 42.5 Å². The molecule has 4 rings (SSSR count). The van der Waals surface area contributed by atoms with Crippen LogP contribution in [0, 0.1) is 0 Å². The number of esters is 1. The molecule has 0 atom stereocenters. The number of aromatic nitrogens is 4. The van der Waals surface area contributed by atoms with Gasteiger partial charge in [-0.3, -0.25) is 15.6 Å². The third-order valence-electron chi connectivity index (χ3n) is 4.51. The lowest BCUT2D eigenvalue weighted by Gasteiger charge is -2.11. The first kappa shape index (κ1) is 20.9. The molecule has 10 nitrogen and oxygen atoms in total. The number of carbonyl (C=O) groups is 2. The number of nitrogens with zero attached hydrogens (tertiary/aromatic N) is 4. The molecule has 0 fully saturated rings. The van der Waals surface area contributed by atoms with Crippen LogP contribution < -0.4 is 10.9 Å². The number of aliphatic hydroxyl groups is 1. The third kappa shape index (κ3) is 4.25. The molecule has 0 bridgehead atoms. The van der Waals surface area contributed by atoms with Gasteiger partial charge in [0.2, 0.25) is 0 Å². The lowest BCUT2D eigenvalue weighted by atomic mass is 10.2. The maximum absolute atomic E-state index is 12.0. The number of nitrogens with one attached hydrogen (secondary N) is 2. The van der Waals surface area contributed by atoms with Gasteiger partial charge < -0.3 is 9.84 Å². The first-order valence-corrected chi connectivity index (χ1v) is 9.86. The highest BCUT2D eigenvalue weighted by Crippen LogP contribution is 2.27. The highest BCUT2D eigenvalue weighted by molar-refractivity contribution is 6.32. The van der Waals surface area contributed by atoms with Gasteiger partial charge in [0.15, 0.2) is 5.82 Å². The van der Waals surface area contributed by atoms with Gasteiger partial charge in [0.05, 0.1) is 35.6 Å². The van der Waals surface area contributed by atoms with Crippen molar-refractivity contribution in [2.45, 2.75) is 13.5 Å². The molecule has 3 N–H and O–H groups in total. The highest BCUT2D eigenvalue weighted by atomic mass is 16.5. The minimum Gasteiger partial charge on any atom is -0.459 e. The lowest BCUT2D eigenvalue weighted by Crippen LogP contribution is -2.37. The van der Waals surface area contributed by atoms with Crippen LogP contribution in [0.3, 0.4) is 0 Å². The molecule has 2 aromatic carbocycles. The molecular formula is C22H20N6O4. The Morgan fingerprint density at radius 3 is 2.41 bits per heavy atom. The summed E-state index contributed by atoms with van der Waals surface area (Å²) >= 11 is 0. The first-order valence-electron chi connectivity index (χ1n) is 9.86. The molecule has 0 aliphatic carbocycles. The van der Waals surface area contributed by atoms with Gasteiger partial charge in [-0.1, -0.05) is 30.3 Å². The molecule has 4 aromatic rings. The molecule has 0 aliphatic rings. The number of benzene rings is 2. The summed E-state index contributed by atoms with van der Waals surface area (Å²) in [5, 5.41) is 14.4. The number of amides is 1. The smallest absolute Gasteiger partial charge is 0.398 e. The fraction of sp³-hybridized carbons (Fsp3) is 0.136. The van der Waals surface area contributed by atoms with Gasteiger partial charge in [-0.2, -0.15) is 5.10 Å². The summed E-state index contributed by atoms with van der Waals surface area (Å²) in [5.41, 5.74) is 8.17. The Hall–Kier alpha value is -4.31. The zero-order valence-electron chi connectivity index (χ0n) is 17.1. The molecule has 0 spiro atoms. The molecule has 0 unspecified atom stereocenters. The van der Waals surface area contributed by atoms with E-state index in [0.717, 1.165) is 5.69 Å². The molecule has 32 heavy (non-hydrogen) atoms. The van der Waals surface area contributed by atoms with Crippen LogP contribution in [-0.4, -0.2) is 43.3 Å². The molecule has 0 radical (unpaired) electrons. The van der Waals surface area contributed by atoms with Crippen molar-refractivity contribution < 1.29 is 19.4 Å². The van der Waals surface area contributed by atoms with Crippen LogP contribution in [0.5, 0.6) is 0 Å². The quantitative estimate of drug-likeness (QED) is 0.239. The predicted octanol–water partition coefficient (Wildman–Crippen LogP) is 1.98. The number of anilines is 1. The minimum absolute atomic E-state index is 0.0775. The Kier molecular flexibility index (Phi) is 6.04. The van der Waals surface area contributed by atoms with Crippen LogP contribution in [0.1, 0.15) is 12.6 Å². The molecule has 1 amide bonds. The molecule has 162 valence electrons. The third-order valence-corrected chi connectivity index (χ3v) is 4.51. The standard InChI is InChI=1S/C22H20N6O4/c1-2-32-22(31)21(30)26-25-20-19(23-16-10-6-7-11-17(16)24-20)18-12-15(13-29)28(27-18)14-8-4-3-5-9-14/h3-12,29H,2,13H2,1H3,(H,24,25)(H,26,30). The van der Waals surface area contributed by atoms with Crippen molar-refractivity contribution in [1.82, 2.24) is 25.2 Å². The average molecular weight is 432 g/mol. The fourth-order valence-corrected chi connectivity index (χ4v) is 3.07. The van der Waals surface area contributed by atoms with E-state index in [0.29, 0.717) is 28.1 Å². The SMILES string of the molecule is CCOC(=O)C(=O)NNc1nc2ccccc2nc1-c1cc(CO)n(-c2ccccc2)n1. The maximum Gasteiger partial charge on any atom is 0.398 e. The number of carbonyl (C=O) groups excluding carboxylic acids is 2. The van der Waals surface area contributed by atoms with E-state index in [4.69, 9.17) is 0 Å². The second-order valence-corrected chi connectivity index (χ2v) is 6.64. The van der Waals surface area contributed by atoms with Gasteiger partial charge in [0, 0.05) is 0 Å². The van der Waals surface area contributed by atoms with E-state index < -0.39 is 11.9 Å². The summed E-state index contributed by atoms with van der Waals surface area (Å²) in [5.74, 6) is -1.81. The van der Waals surface area contributed by atoms with Gasteiger partial charge in [-0.05, 0) is 37.3 Å². The topological polar surface area (TPSA) is 131 Å². The van der Waals surface area contributed by atoms with Crippen molar-refractivity contribution in [3.63, 3.8) is 0 Å². The Morgan fingerprint density at radius 2 is 1.72 bits per heavy atom. The van der Waals surface area contributed by atoms with Crippen molar-refractivity contribution in [1.29, 1.82) is 0 Å². The number of ether oxygens (including phenoxy) is 1. The van der Waals surface area contributed by atoms with E-state index in [9.17, 15) is 14.7 Å². The van der Waals surface area contributed by atoms with Gasteiger partial charge in [-0.25, -0.2) is 19.4 Å². The highest BCUT2D eigenvalue weighted by Gasteiger charge is 2.19. The van der Waals surface area contributed by atoms with Crippen molar-refractivity contribution >= 4 is 28.7 Å². The number of hydrogen-bond acceptors (Lipinski definition) is 8. The number of para-hydroxylation sites is 3. The number of hydrazine groups is 1. The zero-order valence-corrected chi connectivity index (χ0v) is 17.1. The van der Waals surface area contributed by atoms with E-state index in [2.05, 4.69) is 30.7 Å². The summed E-state index contributed by atoms with van der Waals surface area (Å²) in [6, 6.07) is 18.2. The predicted molar refractivity (Wildman–Crippen MR) is 116 cm³/mol. The number of hydrogen-bond donors (Lipinski definition) is 3. The van der Waals surface area contributed by atoms with Gasteiger partial charge in [0.1, 0.15) is 11.4 Å². The van der Waals surface area contributed by atoms with Crippen LogP contribution in [-0.2, 0) is 20.9 Å². The summed E-state index contributed by atoms with van der Waals surface area (Å²) in [6.07, 6.45) is 0. The molecule has 2 heterocycles. The van der Waals surface area contributed by atoms with Crippen molar-refractivity contribution in [2.75, 3.05) is 12.0 Å². The molecule has 10 heteroatoms. The van der Waals surface area contributed by atoms with E-state index >= 15 is 0 Å². The number of aliphatic hydroxyl groups excluding tert-OH is 1. The van der Waals surface area contributed by atoms with E-state index in [-0.39, 0.29) is 19.0 Å². The minimum atomic E-state index is -1.02. The molecule has 2 aromatic heterocycles. The summed E-state index contributed by atoms with van der Waals surface area (Å²) < 4.78 is 6.29. The Bertz CT molecular complexity index is 1270. The second kappa shape index (κ2) is 9.23. The van der Waals surface area contributed by atoms with Crippen molar-refractivity contribution in [3.05, 3.63) is 66.4 Å². The average Bonchev–Trinajstić information content (AvgIpc) is 3.27. The van der Waals surface area contributed by atoms with E-state index in [1.54, 1.807) is 29.8 Å². The molecule has 0 aliphatic heterocycles. The molecule has 0 saturated carbocycles. The summed E-state index contributed by atoms with van der Waals surface area (Å²) in [4.78, 5) is 32.7. The largest absolute Gasteiger partial charge is 0.459 e. The maximum atomic E-state index is 12.0. The van der Waals surface area contributed by atoms with Crippen LogP contribution in [0.15, 0.2) is 60.7 Å². The van der Waals surface area contributed by atoms with Crippen LogP contribution in [0.25, 0.3) is 28.1 Å². The first-order chi connectivity index (χ1) is 15.6. The molecular weight excluding hydrogens is 412 g/mol. The second-order valence-electron chi connectivity index (χ2n) is 6.64. The van der Waals surface area contributed by atoms with Gasteiger partial charge in [0.25, 0.3) is 0 Å². The number of rotatable bonds is 6. The Balaban J connectivity index is 1.76.